The van der Waals surface area contributed by atoms with Gasteiger partial charge in [-0.05, 0) is 104 Å². The molecule has 0 N–H and O–H groups in total. The minimum atomic E-state index is -2.63. The van der Waals surface area contributed by atoms with Crippen LogP contribution in [0.2, 0.25) is 0 Å². The van der Waals surface area contributed by atoms with Gasteiger partial charge in [-0.3, -0.25) is 0 Å². The number of allylic oxidation sites excluding steroid dienone is 3. The first-order valence-electron chi connectivity index (χ1n) is 21.9. The van der Waals surface area contributed by atoms with Crippen LogP contribution in [-0.4, -0.2) is 19.2 Å². The molecule has 0 spiro atoms. The fourth-order valence-electron chi connectivity index (χ4n) is 9.96. The second-order valence-corrected chi connectivity index (χ2v) is 20.3. The predicted octanol–water partition coefficient (Wildman–Crippen LogP) is 12.5. The van der Waals surface area contributed by atoms with E-state index in [1.165, 1.54) is 87.3 Å². The standard InChI is InChI=1S/C60H46N2Si/c1-44-42-48(40-41-61(49-18-6-2-7-19-49)58-28-16-14-26-55(44)58)46-32-30-45(31-33-46)47-34-39-60-57(43-47)56-27-15-17-29-59(56)62(60)50-35-37-54(38-36-50)63(51-20-8-3-9-21-51,52-22-10-4-11-23-52)53-24-12-5-13-25-53/h2-40,42-43H,41H2,1H3/b44-42+,48-40+. The van der Waals surface area contributed by atoms with Crippen molar-refractivity contribution in [2.45, 2.75) is 6.92 Å². The summed E-state index contributed by atoms with van der Waals surface area (Å²) in [6.07, 6.45) is 4.71. The molecule has 0 unspecified atom stereocenters. The quantitative estimate of drug-likeness (QED) is 0.109. The van der Waals surface area contributed by atoms with Gasteiger partial charge in [-0.25, -0.2) is 0 Å². The van der Waals surface area contributed by atoms with Crippen LogP contribution in [0.1, 0.15) is 18.1 Å². The monoisotopic (exact) mass is 822 g/mol. The number of nitrogens with zero attached hydrogens (tertiary/aromatic N) is 2. The highest BCUT2D eigenvalue weighted by Gasteiger charge is 2.41. The number of fused-ring (bicyclic) bond motifs is 4. The zero-order valence-corrected chi connectivity index (χ0v) is 36.3. The molecule has 0 fully saturated rings. The maximum Gasteiger partial charge on any atom is 0.179 e. The largest absolute Gasteiger partial charge is 0.337 e. The Morgan fingerprint density at radius 1 is 0.397 bits per heavy atom. The van der Waals surface area contributed by atoms with Gasteiger partial charge >= 0.3 is 0 Å². The molecule has 0 bridgehead atoms. The Morgan fingerprint density at radius 2 is 0.905 bits per heavy atom. The Balaban J connectivity index is 0.963. The molecule has 0 aliphatic carbocycles. The number of hydrogen-bond acceptors (Lipinski definition) is 1. The zero-order chi connectivity index (χ0) is 42.2. The molecule has 9 aromatic carbocycles. The normalized spacial score (nSPS) is 14.6. The van der Waals surface area contributed by atoms with Gasteiger partial charge in [0, 0.05) is 39.9 Å². The SMILES string of the molecule is C/C1=C\C(c2ccc(-c3ccc4c(c3)c3ccccc3n4-c3ccc([Si](c4ccccc4)(c4ccccc4)c4ccccc4)cc3)cc2)=C/CN(c2ccccc2)c2ccccc21. The number of para-hydroxylation sites is 3. The van der Waals surface area contributed by atoms with Gasteiger partial charge in [-0.2, -0.15) is 0 Å². The molecule has 0 amide bonds. The van der Waals surface area contributed by atoms with Crippen molar-refractivity contribution in [3.8, 4) is 16.8 Å². The van der Waals surface area contributed by atoms with Gasteiger partial charge in [0.05, 0.1) is 11.0 Å². The van der Waals surface area contributed by atoms with Crippen molar-refractivity contribution in [2.75, 3.05) is 11.4 Å². The van der Waals surface area contributed by atoms with Gasteiger partial charge in [-0.1, -0.05) is 200 Å². The van der Waals surface area contributed by atoms with E-state index < -0.39 is 8.07 Å². The van der Waals surface area contributed by atoms with Gasteiger partial charge in [0.2, 0.25) is 0 Å². The lowest BCUT2D eigenvalue weighted by Gasteiger charge is -2.34. The molecule has 3 heteroatoms. The third kappa shape index (κ3) is 6.75. The van der Waals surface area contributed by atoms with Crippen molar-refractivity contribution in [3.05, 3.63) is 260 Å². The van der Waals surface area contributed by atoms with Gasteiger partial charge in [0.1, 0.15) is 0 Å². The lowest BCUT2D eigenvalue weighted by Crippen LogP contribution is -2.74. The van der Waals surface area contributed by atoms with E-state index in [1.54, 1.807) is 0 Å². The average Bonchev–Trinajstić information content (AvgIpc) is 3.69. The molecule has 1 aromatic heterocycles. The number of aromatic nitrogens is 1. The van der Waals surface area contributed by atoms with Crippen LogP contribution < -0.4 is 25.6 Å². The lowest BCUT2D eigenvalue weighted by atomic mass is 9.94. The summed E-state index contributed by atoms with van der Waals surface area (Å²) in [5.41, 5.74) is 13.3. The molecule has 0 radical (unpaired) electrons. The zero-order valence-electron chi connectivity index (χ0n) is 35.3. The van der Waals surface area contributed by atoms with Gasteiger partial charge in [0.15, 0.2) is 8.07 Å². The fraction of sp³-hybridized carbons (Fsp3) is 0.0333. The molecule has 0 atom stereocenters. The first-order valence-corrected chi connectivity index (χ1v) is 23.9. The van der Waals surface area contributed by atoms with E-state index in [9.17, 15) is 0 Å². The highest BCUT2D eigenvalue weighted by Crippen LogP contribution is 2.38. The van der Waals surface area contributed by atoms with E-state index in [2.05, 4.69) is 265 Å². The summed E-state index contributed by atoms with van der Waals surface area (Å²) >= 11 is 0. The molecule has 10 aromatic rings. The average molecular weight is 823 g/mol. The number of hydrogen-bond donors (Lipinski definition) is 0. The maximum absolute atomic E-state index is 2.63. The van der Waals surface area contributed by atoms with E-state index in [1.807, 2.05) is 0 Å². The second kappa shape index (κ2) is 16.3. The summed E-state index contributed by atoms with van der Waals surface area (Å²) in [6.45, 7) is 3.01. The minimum absolute atomic E-state index is 0.779. The smallest absolute Gasteiger partial charge is 0.179 e. The number of anilines is 2. The molecule has 2 heterocycles. The van der Waals surface area contributed by atoms with Crippen LogP contribution in [0.25, 0.3) is 49.8 Å². The third-order valence-corrected chi connectivity index (χ3v) is 17.8. The molecule has 0 saturated carbocycles. The predicted molar refractivity (Wildman–Crippen MR) is 271 cm³/mol. The Hall–Kier alpha value is -7.72. The molecule has 300 valence electrons. The van der Waals surface area contributed by atoms with E-state index in [0.29, 0.717) is 0 Å². The maximum atomic E-state index is 2.44. The number of benzene rings is 9. The Bertz CT molecular complexity index is 3180. The lowest BCUT2D eigenvalue weighted by molar-refractivity contribution is 1.09. The molecule has 1 aliphatic rings. The summed E-state index contributed by atoms with van der Waals surface area (Å²) in [6, 6.07) is 87.3. The minimum Gasteiger partial charge on any atom is -0.337 e. The topological polar surface area (TPSA) is 8.17 Å². The fourth-order valence-corrected chi connectivity index (χ4v) is 14.7. The van der Waals surface area contributed by atoms with Crippen molar-refractivity contribution < 1.29 is 0 Å². The van der Waals surface area contributed by atoms with Crippen LogP contribution in [0.4, 0.5) is 11.4 Å². The van der Waals surface area contributed by atoms with Crippen LogP contribution >= 0.6 is 0 Å². The molecule has 11 rings (SSSR count). The Kier molecular flexibility index (Phi) is 9.88. The highest BCUT2D eigenvalue weighted by atomic mass is 28.3. The van der Waals surface area contributed by atoms with E-state index >= 15 is 0 Å². The van der Waals surface area contributed by atoms with Gasteiger partial charge in [0.25, 0.3) is 0 Å². The van der Waals surface area contributed by atoms with E-state index in [-0.39, 0.29) is 0 Å². The van der Waals surface area contributed by atoms with Crippen LogP contribution in [0, 0.1) is 0 Å². The van der Waals surface area contributed by atoms with Crippen LogP contribution in [0.15, 0.2) is 249 Å². The molecular weight excluding hydrogens is 777 g/mol. The highest BCUT2D eigenvalue weighted by molar-refractivity contribution is 7.19. The first-order chi connectivity index (χ1) is 31.2. The third-order valence-electron chi connectivity index (χ3n) is 13.0. The van der Waals surface area contributed by atoms with Crippen molar-refractivity contribution in [1.82, 2.24) is 4.57 Å². The Morgan fingerprint density at radius 3 is 1.56 bits per heavy atom. The van der Waals surface area contributed by atoms with Crippen LogP contribution in [-0.2, 0) is 0 Å². The summed E-state index contributed by atoms with van der Waals surface area (Å²) < 4.78 is 2.44. The summed E-state index contributed by atoms with van der Waals surface area (Å²) in [4.78, 5) is 2.41. The van der Waals surface area contributed by atoms with E-state index in [0.717, 1.165) is 12.2 Å². The van der Waals surface area contributed by atoms with Crippen molar-refractivity contribution >= 4 is 73.1 Å². The summed E-state index contributed by atoms with van der Waals surface area (Å²) in [7, 11) is -2.63. The summed E-state index contributed by atoms with van der Waals surface area (Å²) in [5, 5.41) is 7.99. The second-order valence-electron chi connectivity index (χ2n) is 16.5. The van der Waals surface area contributed by atoms with Gasteiger partial charge < -0.3 is 9.47 Å². The number of rotatable bonds is 8. The van der Waals surface area contributed by atoms with Crippen LogP contribution in [0.3, 0.4) is 0 Å². The summed E-state index contributed by atoms with van der Waals surface area (Å²) in [5.74, 6) is 0. The molecule has 1 aliphatic heterocycles. The Labute approximate surface area is 371 Å². The van der Waals surface area contributed by atoms with Crippen molar-refractivity contribution in [2.24, 2.45) is 0 Å². The van der Waals surface area contributed by atoms with Crippen molar-refractivity contribution in [1.29, 1.82) is 0 Å². The molecule has 0 saturated heterocycles. The van der Waals surface area contributed by atoms with Gasteiger partial charge in [-0.15, -0.1) is 0 Å². The first kappa shape index (κ1) is 38.2. The van der Waals surface area contributed by atoms with Crippen LogP contribution in [0.5, 0.6) is 0 Å². The molecule has 2 nitrogen and oxygen atoms in total. The van der Waals surface area contributed by atoms with Crippen molar-refractivity contribution in [3.63, 3.8) is 0 Å². The van der Waals surface area contributed by atoms with E-state index in [4.69, 9.17) is 0 Å². The molecule has 63 heavy (non-hydrogen) atoms. The molecular formula is C60H46N2Si.